The van der Waals surface area contributed by atoms with Gasteiger partial charge in [0, 0.05) is 23.2 Å². The van der Waals surface area contributed by atoms with Crippen molar-refractivity contribution in [3.05, 3.63) is 75.5 Å². The van der Waals surface area contributed by atoms with E-state index in [2.05, 4.69) is 10.3 Å². The molecule has 122 valence electrons. The third kappa shape index (κ3) is 3.80. The van der Waals surface area contributed by atoms with Crippen LogP contribution in [0.25, 0.3) is 10.6 Å². The first-order valence-electron chi connectivity index (χ1n) is 7.27. The lowest BCUT2D eigenvalue weighted by atomic mass is 10.1. The fourth-order valence-electron chi connectivity index (χ4n) is 2.20. The Hall–Kier alpha value is -2.24. The maximum absolute atomic E-state index is 13.2. The van der Waals surface area contributed by atoms with E-state index in [0.29, 0.717) is 6.54 Å². The molecule has 0 saturated heterocycles. The standard InChI is InChI=1S/C18H14ClFN2OS/c1-11-10-24-18(22-11)13-4-2-12(3-5-13)9-21-17(23)15-8-14(20)6-7-16(15)19/h2-8,10H,9H2,1H3,(H,21,23). The molecule has 0 aliphatic rings. The minimum Gasteiger partial charge on any atom is -0.348 e. The number of nitrogens with one attached hydrogen (secondary N) is 1. The summed E-state index contributed by atoms with van der Waals surface area (Å²) in [4.78, 5) is 16.6. The summed E-state index contributed by atoms with van der Waals surface area (Å²) in [5, 5.41) is 5.94. The predicted molar refractivity (Wildman–Crippen MR) is 94.9 cm³/mol. The normalized spacial score (nSPS) is 10.6. The number of aromatic nitrogens is 1. The van der Waals surface area contributed by atoms with Gasteiger partial charge in [-0.25, -0.2) is 9.37 Å². The number of carbonyl (C=O) groups excluding carboxylic acids is 1. The number of amides is 1. The molecule has 24 heavy (non-hydrogen) atoms. The summed E-state index contributed by atoms with van der Waals surface area (Å²) in [6.45, 7) is 2.30. The Kier molecular flexibility index (Phi) is 4.92. The Morgan fingerprint density at radius 3 is 2.67 bits per heavy atom. The minimum atomic E-state index is -0.493. The minimum absolute atomic E-state index is 0.131. The van der Waals surface area contributed by atoms with Crippen LogP contribution in [0, 0.1) is 12.7 Å². The van der Waals surface area contributed by atoms with E-state index in [9.17, 15) is 9.18 Å². The van der Waals surface area contributed by atoms with Gasteiger partial charge in [0.1, 0.15) is 10.8 Å². The summed E-state index contributed by atoms with van der Waals surface area (Å²) in [5.41, 5.74) is 3.11. The molecule has 0 spiro atoms. The fourth-order valence-corrected chi connectivity index (χ4v) is 3.21. The highest BCUT2D eigenvalue weighted by Crippen LogP contribution is 2.23. The topological polar surface area (TPSA) is 42.0 Å². The second kappa shape index (κ2) is 7.11. The van der Waals surface area contributed by atoms with Gasteiger partial charge >= 0.3 is 0 Å². The summed E-state index contributed by atoms with van der Waals surface area (Å²) in [5.74, 6) is -0.897. The van der Waals surface area contributed by atoms with Crippen LogP contribution in [-0.2, 0) is 6.54 Å². The Bertz CT molecular complexity index is 877. The van der Waals surface area contributed by atoms with E-state index in [1.54, 1.807) is 11.3 Å². The maximum atomic E-state index is 13.2. The summed E-state index contributed by atoms with van der Waals surface area (Å²) in [6.07, 6.45) is 0. The zero-order valence-corrected chi connectivity index (χ0v) is 14.4. The van der Waals surface area contributed by atoms with E-state index in [-0.39, 0.29) is 10.6 Å². The average molecular weight is 361 g/mol. The van der Waals surface area contributed by atoms with Crippen molar-refractivity contribution in [1.82, 2.24) is 10.3 Å². The second-order valence-corrected chi connectivity index (χ2v) is 6.56. The van der Waals surface area contributed by atoms with Gasteiger partial charge in [-0.05, 0) is 30.7 Å². The van der Waals surface area contributed by atoms with E-state index in [0.717, 1.165) is 27.9 Å². The van der Waals surface area contributed by atoms with Gasteiger partial charge in [-0.2, -0.15) is 0 Å². The molecule has 3 nitrogen and oxygen atoms in total. The van der Waals surface area contributed by atoms with Crippen molar-refractivity contribution in [2.45, 2.75) is 13.5 Å². The van der Waals surface area contributed by atoms with Gasteiger partial charge < -0.3 is 5.32 Å². The molecule has 0 unspecified atom stereocenters. The van der Waals surface area contributed by atoms with E-state index < -0.39 is 11.7 Å². The van der Waals surface area contributed by atoms with Crippen LogP contribution in [-0.4, -0.2) is 10.9 Å². The summed E-state index contributed by atoms with van der Waals surface area (Å²) >= 11 is 7.53. The molecule has 0 radical (unpaired) electrons. The number of nitrogens with zero attached hydrogens (tertiary/aromatic N) is 1. The molecule has 2 aromatic carbocycles. The molecular weight excluding hydrogens is 347 g/mol. The van der Waals surface area contributed by atoms with Crippen molar-refractivity contribution in [2.24, 2.45) is 0 Å². The Morgan fingerprint density at radius 1 is 1.25 bits per heavy atom. The highest BCUT2D eigenvalue weighted by Gasteiger charge is 2.11. The first-order valence-corrected chi connectivity index (χ1v) is 8.53. The van der Waals surface area contributed by atoms with Gasteiger partial charge in [-0.1, -0.05) is 35.9 Å². The van der Waals surface area contributed by atoms with Crippen LogP contribution in [0.3, 0.4) is 0 Å². The van der Waals surface area contributed by atoms with Crippen LogP contribution in [0.2, 0.25) is 5.02 Å². The quantitative estimate of drug-likeness (QED) is 0.723. The van der Waals surface area contributed by atoms with Gasteiger partial charge in [0.2, 0.25) is 0 Å². The van der Waals surface area contributed by atoms with Crippen molar-refractivity contribution < 1.29 is 9.18 Å². The molecule has 0 saturated carbocycles. The molecule has 0 aliphatic heterocycles. The number of benzene rings is 2. The molecular formula is C18H14ClFN2OS. The van der Waals surface area contributed by atoms with Gasteiger partial charge in [0.05, 0.1) is 10.6 Å². The molecule has 1 N–H and O–H groups in total. The summed E-state index contributed by atoms with van der Waals surface area (Å²) in [6, 6.07) is 11.5. The van der Waals surface area contributed by atoms with Crippen molar-refractivity contribution in [3.8, 4) is 10.6 Å². The van der Waals surface area contributed by atoms with E-state index in [1.165, 1.54) is 12.1 Å². The third-order valence-corrected chi connectivity index (χ3v) is 4.78. The fraction of sp³-hybridized carbons (Fsp3) is 0.111. The molecule has 3 aromatic rings. The number of hydrogen-bond acceptors (Lipinski definition) is 3. The van der Waals surface area contributed by atoms with Crippen molar-refractivity contribution in [2.75, 3.05) is 0 Å². The molecule has 1 aromatic heterocycles. The average Bonchev–Trinajstić information content (AvgIpc) is 3.02. The third-order valence-electron chi connectivity index (χ3n) is 3.45. The second-order valence-electron chi connectivity index (χ2n) is 5.30. The molecule has 6 heteroatoms. The van der Waals surface area contributed by atoms with Gasteiger partial charge in [-0.15, -0.1) is 11.3 Å². The van der Waals surface area contributed by atoms with Crippen LogP contribution in [0.5, 0.6) is 0 Å². The number of aryl methyl sites for hydroxylation is 1. The predicted octanol–water partition coefficient (Wildman–Crippen LogP) is 4.84. The van der Waals surface area contributed by atoms with Crippen molar-refractivity contribution in [3.63, 3.8) is 0 Å². The number of hydrogen-bond donors (Lipinski definition) is 1. The van der Waals surface area contributed by atoms with Crippen molar-refractivity contribution >= 4 is 28.8 Å². The molecule has 0 fully saturated rings. The highest BCUT2D eigenvalue weighted by molar-refractivity contribution is 7.13. The van der Waals surface area contributed by atoms with E-state index >= 15 is 0 Å². The molecule has 0 aliphatic carbocycles. The summed E-state index contributed by atoms with van der Waals surface area (Å²) < 4.78 is 13.2. The zero-order chi connectivity index (χ0) is 17.1. The lowest BCUT2D eigenvalue weighted by Gasteiger charge is -2.07. The summed E-state index contributed by atoms with van der Waals surface area (Å²) in [7, 11) is 0. The Labute approximate surface area is 148 Å². The first-order chi connectivity index (χ1) is 11.5. The van der Waals surface area contributed by atoms with Gasteiger partial charge in [0.25, 0.3) is 5.91 Å². The molecule has 1 amide bonds. The van der Waals surface area contributed by atoms with Crippen LogP contribution in [0.15, 0.2) is 47.8 Å². The maximum Gasteiger partial charge on any atom is 0.253 e. The largest absolute Gasteiger partial charge is 0.348 e. The number of halogens is 2. The first kappa shape index (κ1) is 16.6. The molecule has 0 atom stereocenters. The number of rotatable bonds is 4. The lowest BCUT2D eigenvalue weighted by molar-refractivity contribution is 0.0950. The Morgan fingerprint density at radius 2 is 2.00 bits per heavy atom. The number of carbonyl (C=O) groups is 1. The van der Waals surface area contributed by atoms with Crippen LogP contribution < -0.4 is 5.32 Å². The monoisotopic (exact) mass is 360 g/mol. The highest BCUT2D eigenvalue weighted by atomic mass is 35.5. The van der Waals surface area contributed by atoms with Gasteiger partial charge in [-0.3, -0.25) is 4.79 Å². The number of thiazole rings is 1. The van der Waals surface area contributed by atoms with E-state index in [4.69, 9.17) is 11.6 Å². The SMILES string of the molecule is Cc1csc(-c2ccc(CNC(=O)c3cc(F)ccc3Cl)cc2)n1. The zero-order valence-electron chi connectivity index (χ0n) is 12.8. The van der Waals surface area contributed by atoms with Crippen LogP contribution >= 0.6 is 22.9 Å². The molecule has 0 bridgehead atoms. The van der Waals surface area contributed by atoms with Crippen molar-refractivity contribution in [1.29, 1.82) is 0 Å². The smallest absolute Gasteiger partial charge is 0.253 e. The lowest BCUT2D eigenvalue weighted by Crippen LogP contribution is -2.23. The van der Waals surface area contributed by atoms with Crippen LogP contribution in [0.4, 0.5) is 4.39 Å². The van der Waals surface area contributed by atoms with Crippen LogP contribution in [0.1, 0.15) is 21.6 Å². The van der Waals surface area contributed by atoms with Gasteiger partial charge in [0.15, 0.2) is 0 Å². The Balaban J connectivity index is 1.66. The molecule has 3 rings (SSSR count). The molecule has 1 heterocycles. The van der Waals surface area contributed by atoms with E-state index in [1.807, 2.05) is 36.6 Å².